The molecule has 7 heteroatoms. The van der Waals surface area contributed by atoms with E-state index in [1.807, 2.05) is 0 Å². The Kier molecular flexibility index (Phi) is 4.37. The first-order valence-corrected chi connectivity index (χ1v) is 8.13. The number of carbonyl (C=O) groups is 1. The minimum atomic E-state index is -2.96. The molecule has 1 heterocycles. The molecule has 0 unspecified atom stereocenters. The van der Waals surface area contributed by atoms with Crippen LogP contribution in [0.2, 0.25) is 0 Å². The zero-order valence-corrected chi connectivity index (χ0v) is 11.6. The van der Waals surface area contributed by atoms with E-state index >= 15 is 0 Å². The van der Waals surface area contributed by atoms with Crippen molar-refractivity contribution in [2.75, 3.05) is 16.8 Å². The Balaban J connectivity index is 1.91. The topological polar surface area (TPSA) is 63.2 Å². The van der Waals surface area contributed by atoms with Crippen LogP contribution >= 0.6 is 0 Å². The van der Waals surface area contributed by atoms with Gasteiger partial charge in [-0.1, -0.05) is 0 Å². The molecule has 1 saturated heterocycles. The number of benzene rings is 1. The molecule has 4 nitrogen and oxygen atoms in total. The fourth-order valence-electron chi connectivity index (χ4n) is 2.20. The first-order valence-electron chi connectivity index (χ1n) is 6.31. The number of hydrogen-bond acceptors (Lipinski definition) is 3. The first kappa shape index (κ1) is 14.9. The van der Waals surface area contributed by atoms with E-state index in [0.717, 1.165) is 18.2 Å². The molecule has 1 aromatic carbocycles. The molecule has 0 saturated carbocycles. The van der Waals surface area contributed by atoms with Crippen molar-refractivity contribution in [3.8, 4) is 0 Å². The van der Waals surface area contributed by atoms with Gasteiger partial charge >= 0.3 is 0 Å². The molecular formula is C13H15F2NO3S. The predicted molar refractivity (Wildman–Crippen MR) is 71.0 cm³/mol. The Hall–Kier alpha value is -1.50. The molecule has 1 amide bonds. The molecule has 1 fully saturated rings. The van der Waals surface area contributed by atoms with Gasteiger partial charge in [0.1, 0.15) is 21.5 Å². The van der Waals surface area contributed by atoms with E-state index in [9.17, 15) is 22.0 Å². The molecule has 0 bridgehead atoms. The maximum absolute atomic E-state index is 13.3. The molecule has 0 aliphatic carbocycles. The van der Waals surface area contributed by atoms with Crippen molar-refractivity contribution in [3.63, 3.8) is 0 Å². The third-order valence-corrected chi connectivity index (χ3v) is 5.07. The maximum atomic E-state index is 13.3. The van der Waals surface area contributed by atoms with Crippen LogP contribution in [-0.2, 0) is 14.6 Å². The van der Waals surface area contributed by atoms with Crippen molar-refractivity contribution in [2.45, 2.75) is 19.3 Å². The van der Waals surface area contributed by atoms with Gasteiger partial charge in [-0.25, -0.2) is 17.2 Å². The molecule has 0 aromatic heterocycles. The lowest BCUT2D eigenvalue weighted by Gasteiger charge is -2.21. The Morgan fingerprint density at radius 2 is 1.90 bits per heavy atom. The van der Waals surface area contributed by atoms with E-state index in [0.29, 0.717) is 12.8 Å². The lowest BCUT2D eigenvalue weighted by atomic mass is 9.98. The van der Waals surface area contributed by atoms with Crippen LogP contribution in [0.4, 0.5) is 14.5 Å². The molecule has 0 radical (unpaired) electrons. The Morgan fingerprint density at radius 1 is 1.25 bits per heavy atom. The van der Waals surface area contributed by atoms with Crippen LogP contribution in [0.3, 0.4) is 0 Å². The molecule has 1 aromatic rings. The average Bonchev–Trinajstić information content (AvgIpc) is 2.36. The number of halogens is 2. The van der Waals surface area contributed by atoms with E-state index in [1.165, 1.54) is 0 Å². The van der Waals surface area contributed by atoms with Crippen molar-refractivity contribution in [1.29, 1.82) is 0 Å². The summed E-state index contributed by atoms with van der Waals surface area (Å²) in [5, 5.41) is 2.32. The summed E-state index contributed by atoms with van der Waals surface area (Å²) in [7, 11) is -2.96. The fourth-order valence-corrected chi connectivity index (χ4v) is 3.79. The highest BCUT2D eigenvalue weighted by molar-refractivity contribution is 7.91. The summed E-state index contributed by atoms with van der Waals surface area (Å²) in [6.45, 7) is 0. The highest BCUT2D eigenvalue weighted by Crippen LogP contribution is 2.23. The van der Waals surface area contributed by atoms with Gasteiger partial charge in [0.2, 0.25) is 5.91 Å². The SMILES string of the molecule is O=C(CC1CCS(=O)(=O)CC1)Nc1cc(F)ccc1F. The van der Waals surface area contributed by atoms with Crippen LogP contribution in [0, 0.1) is 17.6 Å². The van der Waals surface area contributed by atoms with Gasteiger partial charge in [-0.3, -0.25) is 4.79 Å². The number of rotatable bonds is 3. The lowest BCUT2D eigenvalue weighted by Crippen LogP contribution is -2.26. The van der Waals surface area contributed by atoms with Gasteiger partial charge in [-0.05, 0) is 30.9 Å². The van der Waals surface area contributed by atoms with Crippen LogP contribution < -0.4 is 5.32 Å². The monoisotopic (exact) mass is 303 g/mol. The number of sulfone groups is 1. The molecular weight excluding hydrogens is 288 g/mol. The quantitative estimate of drug-likeness (QED) is 0.930. The van der Waals surface area contributed by atoms with Gasteiger partial charge < -0.3 is 5.32 Å². The highest BCUT2D eigenvalue weighted by atomic mass is 32.2. The summed E-state index contributed by atoms with van der Waals surface area (Å²) >= 11 is 0. The zero-order valence-electron chi connectivity index (χ0n) is 10.7. The van der Waals surface area contributed by atoms with Crippen molar-refractivity contribution in [2.24, 2.45) is 5.92 Å². The van der Waals surface area contributed by atoms with Crippen molar-refractivity contribution < 1.29 is 22.0 Å². The molecule has 1 aliphatic rings. The van der Waals surface area contributed by atoms with Crippen molar-refractivity contribution in [1.82, 2.24) is 0 Å². The van der Waals surface area contributed by atoms with Crippen LogP contribution in [-0.4, -0.2) is 25.8 Å². The maximum Gasteiger partial charge on any atom is 0.224 e. The fraction of sp³-hybridized carbons (Fsp3) is 0.462. The van der Waals surface area contributed by atoms with E-state index in [2.05, 4.69) is 5.32 Å². The smallest absolute Gasteiger partial charge is 0.224 e. The number of anilines is 1. The van der Waals surface area contributed by atoms with E-state index in [-0.39, 0.29) is 29.5 Å². The third-order valence-electron chi connectivity index (χ3n) is 3.35. The Bertz CT molecular complexity index is 602. The summed E-state index contributed by atoms with van der Waals surface area (Å²) in [6, 6.07) is 2.83. The summed E-state index contributed by atoms with van der Waals surface area (Å²) < 4.78 is 48.8. The van der Waals surface area contributed by atoms with E-state index in [4.69, 9.17) is 0 Å². The second-order valence-electron chi connectivity index (χ2n) is 4.97. The molecule has 110 valence electrons. The van der Waals surface area contributed by atoms with Gasteiger partial charge in [0.05, 0.1) is 17.2 Å². The number of carbonyl (C=O) groups excluding carboxylic acids is 1. The molecule has 1 aliphatic heterocycles. The Labute approximate surface area is 116 Å². The number of amides is 1. The zero-order chi connectivity index (χ0) is 14.8. The first-order chi connectivity index (χ1) is 9.35. The highest BCUT2D eigenvalue weighted by Gasteiger charge is 2.25. The Morgan fingerprint density at radius 3 is 2.55 bits per heavy atom. The lowest BCUT2D eigenvalue weighted by molar-refractivity contribution is -0.117. The molecule has 20 heavy (non-hydrogen) atoms. The predicted octanol–water partition coefficient (Wildman–Crippen LogP) is 2.12. The average molecular weight is 303 g/mol. The van der Waals surface area contributed by atoms with Gasteiger partial charge in [0, 0.05) is 12.5 Å². The van der Waals surface area contributed by atoms with Crippen LogP contribution in [0.15, 0.2) is 18.2 Å². The summed E-state index contributed by atoms with van der Waals surface area (Å²) in [5.41, 5.74) is -0.196. The standard InChI is InChI=1S/C13H15F2NO3S/c14-10-1-2-11(15)12(8-10)16-13(17)7-9-3-5-20(18,19)6-4-9/h1-2,8-9H,3-7H2,(H,16,17). The van der Waals surface area contributed by atoms with Gasteiger partial charge in [-0.2, -0.15) is 0 Å². The van der Waals surface area contributed by atoms with Gasteiger partial charge in [0.25, 0.3) is 0 Å². The third kappa shape index (κ3) is 4.00. The summed E-state index contributed by atoms with van der Waals surface area (Å²) in [6.07, 6.45) is 0.980. The number of hydrogen-bond donors (Lipinski definition) is 1. The molecule has 0 spiro atoms. The van der Waals surface area contributed by atoms with Crippen molar-refractivity contribution in [3.05, 3.63) is 29.8 Å². The minimum Gasteiger partial charge on any atom is -0.324 e. The second kappa shape index (κ2) is 5.87. The summed E-state index contributed by atoms with van der Waals surface area (Å²) in [5.74, 6) is -1.64. The normalized spacial score (nSPS) is 18.7. The second-order valence-corrected chi connectivity index (χ2v) is 7.28. The molecule has 0 atom stereocenters. The van der Waals surface area contributed by atoms with Crippen LogP contribution in [0.25, 0.3) is 0 Å². The van der Waals surface area contributed by atoms with Crippen LogP contribution in [0.5, 0.6) is 0 Å². The largest absolute Gasteiger partial charge is 0.324 e. The van der Waals surface area contributed by atoms with Gasteiger partial charge in [0.15, 0.2) is 0 Å². The molecule has 2 rings (SSSR count). The minimum absolute atomic E-state index is 0.0323. The van der Waals surface area contributed by atoms with E-state index in [1.54, 1.807) is 0 Å². The summed E-state index contributed by atoms with van der Waals surface area (Å²) in [4.78, 5) is 11.8. The van der Waals surface area contributed by atoms with Crippen LogP contribution in [0.1, 0.15) is 19.3 Å². The van der Waals surface area contributed by atoms with E-state index < -0.39 is 27.4 Å². The van der Waals surface area contributed by atoms with Crippen molar-refractivity contribution >= 4 is 21.4 Å². The molecule has 1 N–H and O–H groups in total. The van der Waals surface area contributed by atoms with Gasteiger partial charge in [-0.15, -0.1) is 0 Å². The number of nitrogens with one attached hydrogen (secondary N) is 1.